The van der Waals surface area contributed by atoms with Gasteiger partial charge in [-0.2, -0.15) is 5.84 Å². The van der Waals surface area contributed by atoms with Crippen LogP contribution in [0.5, 0.6) is 0 Å². The van der Waals surface area contributed by atoms with Crippen molar-refractivity contribution in [1.82, 2.24) is 0 Å². The van der Waals surface area contributed by atoms with Gasteiger partial charge in [-0.25, -0.2) is 0 Å². The van der Waals surface area contributed by atoms with E-state index in [0.717, 1.165) is 9.90 Å². The highest BCUT2D eigenvalue weighted by atomic mass is 35.5. The maximum Gasteiger partial charge on any atom is 0.0837 e. The first-order valence-electron chi connectivity index (χ1n) is 4.55. The Kier molecular flexibility index (Phi) is 8.01. The van der Waals surface area contributed by atoms with Gasteiger partial charge in [0, 0.05) is 15.7 Å². The van der Waals surface area contributed by atoms with Crippen LogP contribution >= 0.6 is 23.4 Å². The summed E-state index contributed by atoms with van der Waals surface area (Å²) in [5.74, 6) is 3.94. The number of nitrogens with one attached hydrogen (secondary N) is 1. The molecule has 1 aromatic carbocycles. The van der Waals surface area contributed by atoms with Crippen molar-refractivity contribution in [3.63, 3.8) is 0 Å². The van der Waals surface area contributed by atoms with Gasteiger partial charge in [0.25, 0.3) is 0 Å². The van der Waals surface area contributed by atoms with Gasteiger partial charge in [0.2, 0.25) is 0 Å². The van der Waals surface area contributed by atoms with E-state index >= 15 is 0 Å². The molecule has 0 aliphatic heterocycles. The zero-order valence-corrected chi connectivity index (χ0v) is 10.8. The van der Waals surface area contributed by atoms with E-state index in [1.165, 1.54) is 11.8 Å². The molecule has 0 saturated heterocycles. The van der Waals surface area contributed by atoms with Crippen molar-refractivity contribution in [3.8, 4) is 0 Å². The highest BCUT2D eigenvalue weighted by Crippen LogP contribution is 2.19. The number of carbonyl (C=O) groups is 1. The molecule has 90 valence electrons. The summed E-state index contributed by atoms with van der Waals surface area (Å²) < 4.78 is 0. The van der Waals surface area contributed by atoms with E-state index in [1.54, 1.807) is 24.3 Å². The Bertz CT molecular complexity index is 314. The van der Waals surface area contributed by atoms with Gasteiger partial charge in [-0.1, -0.05) is 11.6 Å². The second-order valence-electron chi connectivity index (χ2n) is 3.19. The van der Waals surface area contributed by atoms with Gasteiger partial charge in [0.1, 0.15) is 0 Å². The van der Waals surface area contributed by atoms with Crippen LogP contribution < -0.4 is 16.0 Å². The van der Waals surface area contributed by atoms with E-state index < -0.39 is 5.97 Å². The van der Waals surface area contributed by atoms with Crippen molar-refractivity contribution in [3.05, 3.63) is 29.3 Å². The van der Waals surface area contributed by atoms with Crippen molar-refractivity contribution in [2.24, 2.45) is 5.84 Å². The van der Waals surface area contributed by atoms with Gasteiger partial charge in [-0.3, -0.25) is 5.01 Å². The SMILES string of the molecule is C[NH+](C)N.O=C([O-])CSc1ccc(Cl)cc1. The minimum absolute atomic E-state index is 0.0262. The summed E-state index contributed by atoms with van der Waals surface area (Å²) in [5.41, 5.74) is 0. The normalized spacial score (nSPS) is 9.56. The smallest absolute Gasteiger partial charge is 0.0837 e. The Labute approximate surface area is 104 Å². The quantitative estimate of drug-likeness (QED) is 0.425. The van der Waals surface area contributed by atoms with Crippen LogP contribution in [-0.2, 0) is 4.79 Å². The molecule has 0 amide bonds. The second-order valence-corrected chi connectivity index (χ2v) is 4.68. The summed E-state index contributed by atoms with van der Waals surface area (Å²) in [6, 6.07) is 6.99. The molecule has 4 nitrogen and oxygen atoms in total. The number of benzene rings is 1. The zero-order chi connectivity index (χ0) is 12.6. The third kappa shape index (κ3) is 9.79. The van der Waals surface area contributed by atoms with E-state index in [0.29, 0.717) is 5.02 Å². The highest BCUT2D eigenvalue weighted by molar-refractivity contribution is 8.00. The molecule has 0 spiro atoms. The number of hydrogen-bond acceptors (Lipinski definition) is 4. The van der Waals surface area contributed by atoms with Gasteiger partial charge in [-0.15, -0.1) is 11.8 Å². The molecule has 1 aromatic rings. The summed E-state index contributed by atoms with van der Waals surface area (Å²) in [6.45, 7) is 0. The number of carbonyl (C=O) groups excluding carboxylic acids is 1. The maximum atomic E-state index is 10.1. The van der Waals surface area contributed by atoms with Gasteiger partial charge >= 0.3 is 0 Å². The number of hydrogen-bond donors (Lipinski definition) is 2. The van der Waals surface area contributed by atoms with E-state index in [-0.39, 0.29) is 5.75 Å². The molecule has 0 fully saturated rings. The van der Waals surface area contributed by atoms with Gasteiger partial charge < -0.3 is 9.90 Å². The highest BCUT2D eigenvalue weighted by Gasteiger charge is 1.93. The lowest BCUT2D eigenvalue weighted by Gasteiger charge is -2.01. The van der Waals surface area contributed by atoms with E-state index in [4.69, 9.17) is 17.4 Å². The molecule has 3 N–H and O–H groups in total. The Balaban J connectivity index is 0.000000487. The maximum absolute atomic E-state index is 10.1. The number of nitrogens with two attached hydrogens (primary N) is 1. The standard InChI is InChI=1S/C8H7ClO2S.C2H8N2/c9-6-1-3-7(4-2-6)12-5-8(10)11;1-4(2)3/h1-4H,5H2,(H,10,11);3H2,1-2H3. The molecule has 0 atom stereocenters. The van der Waals surface area contributed by atoms with Crippen molar-refractivity contribution >= 4 is 29.3 Å². The topological polar surface area (TPSA) is 70.6 Å². The summed E-state index contributed by atoms with van der Waals surface area (Å²) >= 11 is 6.85. The average Bonchev–Trinajstić information content (AvgIpc) is 2.16. The number of rotatable bonds is 3. The minimum Gasteiger partial charge on any atom is -0.549 e. The van der Waals surface area contributed by atoms with Crippen LogP contribution in [0.25, 0.3) is 0 Å². The first kappa shape index (κ1) is 15.2. The predicted octanol–water partition coefficient (Wildman–Crippen LogP) is -0.813. The molecule has 0 aliphatic carbocycles. The number of halogens is 1. The summed E-state index contributed by atoms with van der Waals surface area (Å²) in [4.78, 5) is 11.0. The Morgan fingerprint density at radius 3 is 2.25 bits per heavy atom. The molecule has 0 aromatic heterocycles. The summed E-state index contributed by atoms with van der Waals surface area (Å²) in [6.07, 6.45) is 0. The molecule has 0 aliphatic rings. The molecule has 0 heterocycles. The largest absolute Gasteiger partial charge is 0.549 e. The van der Waals surface area contributed by atoms with E-state index in [9.17, 15) is 9.90 Å². The van der Waals surface area contributed by atoms with Crippen molar-refractivity contribution in [2.45, 2.75) is 4.90 Å². The van der Waals surface area contributed by atoms with Crippen LogP contribution in [0.2, 0.25) is 5.02 Å². The first-order valence-corrected chi connectivity index (χ1v) is 5.92. The molecule has 16 heavy (non-hydrogen) atoms. The van der Waals surface area contributed by atoms with Crippen LogP contribution in [0.4, 0.5) is 0 Å². The second kappa shape index (κ2) is 8.41. The fourth-order valence-electron chi connectivity index (χ4n) is 0.673. The first-order chi connectivity index (χ1) is 7.41. The van der Waals surface area contributed by atoms with E-state index in [2.05, 4.69) is 0 Å². The number of thioether (sulfide) groups is 1. The fourth-order valence-corrected chi connectivity index (χ4v) is 1.41. The van der Waals surface area contributed by atoms with Gasteiger partial charge in [0.05, 0.1) is 20.1 Å². The fraction of sp³-hybridized carbons (Fsp3) is 0.300. The lowest BCUT2D eigenvalue weighted by atomic mass is 10.4. The third-order valence-corrected chi connectivity index (χ3v) is 2.41. The minimum atomic E-state index is -1.06. The third-order valence-electron chi connectivity index (χ3n) is 1.17. The lowest BCUT2D eigenvalue weighted by Crippen LogP contribution is -3.11. The summed E-state index contributed by atoms with van der Waals surface area (Å²) in [5, 5.41) is 11.6. The number of carboxylic acid groups (broad SMARTS) is 1. The molecule has 6 heteroatoms. The van der Waals surface area contributed by atoms with Crippen LogP contribution in [0.3, 0.4) is 0 Å². The molecule has 0 saturated carbocycles. The monoisotopic (exact) mass is 262 g/mol. The van der Waals surface area contributed by atoms with Crippen LogP contribution in [0.15, 0.2) is 29.2 Å². The van der Waals surface area contributed by atoms with Gasteiger partial charge in [-0.05, 0) is 24.3 Å². The van der Waals surface area contributed by atoms with Crippen molar-refractivity contribution in [1.29, 1.82) is 0 Å². The Morgan fingerprint density at radius 2 is 1.88 bits per heavy atom. The molecular formula is C10H15ClN2O2S. The van der Waals surface area contributed by atoms with E-state index in [1.807, 2.05) is 14.1 Å². The van der Waals surface area contributed by atoms with Crippen LogP contribution in [-0.4, -0.2) is 25.8 Å². The number of carboxylic acids is 1. The van der Waals surface area contributed by atoms with Crippen molar-refractivity contribution < 1.29 is 14.9 Å². The zero-order valence-electron chi connectivity index (χ0n) is 9.20. The lowest BCUT2D eigenvalue weighted by molar-refractivity contribution is -0.871. The van der Waals surface area contributed by atoms with Crippen LogP contribution in [0.1, 0.15) is 0 Å². The Hall–Kier alpha value is -0.750. The molecule has 0 unspecified atom stereocenters. The molecule has 1 rings (SSSR count). The van der Waals surface area contributed by atoms with Crippen molar-refractivity contribution in [2.75, 3.05) is 19.8 Å². The molecule has 0 radical (unpaired) electrons. The average molecular weight is 263 g/mol. The van der Waals surface area contributed by atoms with Gasteiger partial charge in [0.15, 0.2) is 0 Å². The summed E-state index contributed by atoms with van der Waals surface area (Å²) in [7, 11) is 3.72. The Morgan fingerprint density at radius 1 is 1.44 bits per heavy atom. The predicted molar refractivity (Wildman–Crippen MR) is 64.2 cm³/mol. The molecule has 0 bridgehead atoms. The van der Waals surface area contributed by atoms with Crippen LogP contribution in [0, 0.1) is 0 Å². The number of quaternary nitrogens is 1. The molecular weight excluding hydrogens is 248 g/mol. The number of aliphatic carboxylic acids is 1.